The number of rotatable bonds is 3. The van der Waals surface area contributed by atoms with Crippen molar-refractivity contribution in [3.8, 4) is 0 Å². The molecule has 0 bridgehead atoms. The van der Waals surface area contributed by atoms with Crippen molar-refractivity contribution < 1.29 is 18.3 Å². The van der Waals surface area contributed by atoms with Gasteiger partial charge in [-0.3, -0.25) is 0 Å². The van der Waals surface area contributed by atoms with Gasteiger partial charge < -0.3 is 5.11 Å². The Hall–Kier alpha value is -0.740. The van der Waals surface area contributed by atoms with Gasteiger partial charge in [0.2, 0.25) is 0 Å². The third-order valence-corrected chi connectivity index (χ3v) is 2.82. The SMILES string of the molecule is CC(c1ccc(C(F)(F)F)cc1)C(O)CCl. The molecule has 2 atom stereocenters. The molecule has 0 saturated heterocycles. The van der Waals surface area contributed by atoms with Gasteiger partial charge in [-0.05, 0) is 17.7 Å². The molecule has 0 spiro atoms. The first-order chi connectivity index (χ1) is 7.36. The monoisotopic (exact) mass is 252 g/mol. The molecule has 1 N–H and O–H groups in total. The highest BCUT2D eigenvalue weighted by Crippen LogP contribution is 2.30. The van der Waals surface area contributed by atoms with E-state index in [0.717, 1.165) is 12.1 Å². The zero-order valence-corrected chi connectivity index (χ0v) is 9.39. The predicted molar refractivity (Wildman–Crippen MR) is 56.6 cm³/mol. The van der Waals surface area contributed by atoms with Crippen molar-refractivity contribution in [2.75, 3.05) is 5.88 Å². The largest absolute Gasteiger partial charge is 0.416 e. The second kappa shape index (κ2) is 5.06. The summed E-state index contributed by atoms with van der Waals surface area (Å²) in [6.45, 7) is 1.72. The van der Waals surface area contributed by atoms with Crippen LogP contribution in [0.5, 0.6) is 0 Å². The van der Waals surface area contributed by atoms with Crippen LogP contribution in [0.3, 0.4) is 0 Å². The van der Waals surface area contributed by atoms with Gasteiger partial charge in [-0.1, -0.05) is 19.1 Å². The Bertz CT molecular complexity index is 334. The Morgan fingerprint density at radius 3 is 2.12 bits per heavy atom. The van der Waals surface area contributed by atoms with Crippen LogP contribution in [0, 0.1) is 0 Å². The molecule has 1 aromatic rings. The lowest BCUT2D eigenvalue weighted by atomic mass is 9.95. The molecule has 0 saturated carbocycles. The van der Waals surface area contributed by atoms with Gasteiger partial charge in [-0.2, -0.15) is 13.2 Å². The van der Waals surface area contributed by atoms with Crippen molar-refractivity contribution in [2.45, 2.75) is 25.1 Å². The zero-order valence-electron chi connectivity index (χ0n) is 8.63. The topological polar surface area (TPSA) is 20.2 Å². The average molecular weight is 253 g/mol. The summed E-state index contributed by atoms with van der Waals surface area (Å²) in [4.78, 5) is 0. The highest BCUT2D eigenvalue weighted by molar-refractivity contribution is 6.18. The van der Waals surface area contributed by atoms with Gasteiger partial charge in [0.25, 0.3) is 0 Å². The highest BCUT2D eigenvalue weighted by Gasteiger charge is 2.30. The van der Waals surface area contributed by atoms with Gasteiger partial charge in [0.1, 0.15) is 0 Å². The molecule has 0 aromatic heterocycles. The molecule has 2 unspecified atom stereocenters. The van der Waals surface area contributed by atoms with Crippen LogP contribution in [0.2, 0.25) is 0 Å². The van der Waals surface area contributed by atoms with Crippen LogP contribution < -0.4 is 0 Å². The van der Waals surface area contributed by atoms with Gasteiger partial charge in [-0.25, -0.2) is 0 Å². The average Bonchev–Trinajstić information content (AvgIpc) is 2.26. The van der Waals surface area contributed by atoms with Gasteiger partial charge >= 0.3 is 6.18 Å². The molecular weight excluding hydrogens is 241 g/mol. The van der Waals surface area contributed by atoms with Crippen molar-refractivity contribution in [1.29, 1.82) is 0 Å². The number of hydrogen-bond donors (Lipinski definition) is 1. The minimum absolute atomic E-state index is 0.0577. The van der Waals surface area contributed by atoms with Crippen LogP contribution >= 0.6 is 11.6 Å². The number of hydrogen-bond acceptors (Lipinski definition) is 1. The summed E-state index contributed by atoms with van der Waals surface area (Å²) in [6, 6.07) is 4.74. The number of aliphatic hydroxyl groups excluding tert-OH is 1. The molecule has 1 rings (SSSR count). The third kappa shape index (κ3) is 3.12. The number of benzene rings is 1. The van der Waals surface area contributed by atoms with Crippen molar-refractivity contribution in [3.05, 3.63) is 35.4 Å². The molecular formula is C11H12ClF3O. The zero-order chi connectivity index (χ0) is 12.3. The van der Waals surface area contributed by atoms with Crippen molar-refractivity contribution in [1.82, 2.24) is 0 Å². The lowest BCUT2D eigenvalue weighted by molar-refractivity contribution is -0.137. The lowest BCUT2D eigenvalue weighted by Gasteiger charge is -2.17. The van der Waals surface area contributed by atoms with E-state index in [4.69, 9.17) is 11.6 Å². The van der Waals surface area contributed by atoms with Crippen LogP contribution in [-0.2, 0) is 6.18 Å². The van der Waals surface area contributed by atoms with Crippen LogP contribution in [0.1, 0.15) is 24.0 Å². The van der Waals surface area contributed by atoms with E-state index in [-0.39, 0.29) is 11.8 Å². The van der Waals surface area contributed by atoms with E-state index in [0.29, 0.717) is 5.56 Å². The fraction of sp³-hybridized carbons (Fsp3) is 0.455. The van der Waals surface area contributed by atoms with Crippen LogP contribution in [0.4, 0.5) is 13.2 Å². The fourth-order valence-corrected chi connectivity index (χ4v) is 1.60. The minimum atomic E-state index is -4.33. The smallest absolute Gasteiger partial charge is 0.391 e. The van der Waals surface area contributed by atoms with Crippen molar-refractivity contribution in [3.63, 3.8) is 0 Å². The quantitative estimate of drug-likeness (QED) is 0.818. The fourth-order valence-electron chi connectivity index (χ4n) is 1.33. The summed E-state index contributed by atoms with van der Waals surface area (Å²) in [6.07, 6.45) is -5.08. The second-order valence-electron chi connectivity index (χ2n) is 3.63. The Morgan fingerprint density at radius 2 is 1.75 bits per heavy atom. The maximum Gasteiger partial charge on any atom is 0.416 e. The van der Waals surface area contributed by atoms with Crippen LogP contribution in [-0.4, -0.2) is 17.1 Å². The first kappa shape index (κ1) is 13.3. The Labute approximate surface area is 96.9 Å². The highest BCUT2D eigenvalue weighted by atomic mass is 35.5. The molecule has 0 amide bonds. The van der Waals surface area contributed by atoms with E-state index >= 15 is 0 Å². The molecule has 0 radical (unpaired) electrons. The summed E-state index contributed by atoms with van der Waals surface area (Å²) in [5, 5.41) is 9.45. The maximum absolute atomic E-state index is 12.3. The molecule has 90 valence electrons. The van der Waals surface area contributed by atoms with E-state index in [1.807, 2.05) is 0 Å². The molecule has 5 heteroatoms. The Morgan fingerprint density at radius 1 is 1.25 bits per heavy atom. The Kier molecular flexibility index (Phi) is 4.21. The minimum Gasteiger partial charge on any atom is -0.391 e. The number of alkyl halides is 4. The van der Waals surface area contributed by atoms with Crippen molar-refractivity contribution in [2.24, 2.45) is 0 Å². The van der Waals surface area contributed by atoms with Gasteiger partial charge in [-0.15, -0.1) is 11.6 Å². The molecule has 1 nitrogen and oxygen atoms in total. The first-order valence-corrected chi connectivity index (χ1v) is 5.31. The molecule has 0 fully saturated rings. The molecule has 0 heterocycles. The van der Waals surface area contributed by atoms with Crippen LogP contribution in [0.25, 0.3) is 0 Å². The summed E-state index contributed by atoms with van der Waals surface area (Å²) in [7, 11) is 0. The summed E-state index contributed by atoms with van der Waals surface area (Å²) in [5.41, 5.74) is -0.0510. The lowest BCUT2D eigenvalue weighted by Crippen LogP contribution is -2.17. The molecule has 1 aromatic carbocycles. The molecule has 0 aliphatic heterocycles. The van der Waals surface area contributed by atoms with E-state index in [2.05, 4.69) is 0 Å². The summed E-state index contributed by atoms with van der Waals surface area (Å²) >= 11 is 5.47. The third-order valence-electron chi connectivity index (χ3n) is 2.50. The van der Waals surface area contributed by atoms with Gasteiger partial charge in [0, 0.05) is 11.8 Å². The molecule has 0 aliphatic rings. The van der Waals surface area contributed by atoms with E-state index in [1.54, 1.807) is 6.92 Å². The van der Waals surface area contributed by atoms with Gasteiger partial charge in [0.15, 0.2) is 0 Å². The van der Waals surface area contributed by atoms with E-state index in [9.17, 15) is 18.3 Å². The van der Waals surface area contributed by atoms with E-state index < -0.39 is 17.8 Å². The number of halogens is 4. The predicted octanol–water partition coefficient (Wildman–Crippen LogP) is 3.41. The normalized spacial score (nSPS) is 15.9. The first-order valence-electron chi connectivity index (χ1n) is 4.77. The maximum atomic E-state index is 12.3. The van der Waals surface area contributed by atoms with Gasteiger partial charge in [0.05, 0.1) is 11.7 Å². The summed E-state index contributed by atoms with van der Waals surface area (Å²) < 4.78 is 36.8. The molecule has 0 aliphatic carbocycles. The summed E-state index contributed by atoms with van der Waals surface area (Å²) in [5.74, 6) is -0.220. The standard InChI is InChI=1S/C11H12ClF3O/c1-7(10(16)6-12)8-2-4-9(5-3-8)11(13,14)15/h2-5,7,10,16H,6H2,1H3. The van der Waals surface area contributed by atoms with Crippen LogP contribution in [0.15, 0.2) is 24.3 Å². The van der Waals surface area contributed by atoms with Crippen molar-refractivity contribution >= 4 is 11.6 Å². The Balaban J connectivity index is 2.87. The number of aliphatic hydroxyl groups is 1. The van der Waals surface area contributed by atoms with E-state index in [1.165, 1.54) is 12.1 Å². The second-order valence-corrected chi connectivity index (χ2v) is 3.94. The molecule has 16 heavy (non-hydrogen) atoms.